The maximum absolute atomic E-state index is 3.58. The van der Waals surface area contributed by atoms with Crippen molar-refractivity contribution in [2.75, 3.05) is 28.2 Å². The minimum absolute atomic E-state index is 0.799. The molecule has 0 bridgehead atoms. The van der Waals surface area contributed by atoms with E-state index in [1.165, 1.54) is 61.4 Å². The molecule has 0 aliphatic rings. The van der Waals surface area contributed by atoms with Gasteiger partial charge >= 0.3 is 0 Å². The summed E-state index contributed by atoms with van der Waals surface area (Å²) in [5.41, 5.74) is 14.8. The van der Waals surface area contributed by atoms with E-state index in [1.54, 1.807) is 0 Å². The second-order valence-corrected chi connectivity index (χ2v) is 13.7. The molecule has 0 radical (unpaired) electrons. The van der Waals surface area contributed by atoms with Crippen molar-refractivity contribution in [1.29, 1.82) is 0 Å². The van der Waals surface area contributed by atoms with Gasteiger partial charge in [-0.2, -0.15) is 0 Å². The highest BCUT2D eigenvalue weighted by molar-refractivity contribution is 5.82. The van der Waals surface area contributed by atoms with Crippen molar-refractivity contribution in [1.82, 2.24) is 0 Å². The second kappa shape index (κ2) is 17.4. The smallest absolute Gasteiger partial charge is 0.0429 e. The second-order valence-electron chi connectivity index (χ2n) is 13.7. The Morgan fingerprint density at radius 1 is 0.396 bits per heavy atom. The summed E-state index contributed by atoms with van der Waals surface area (Å²) in [5.74, 6) is 0. The molecule has 0 fully saturated rings. The zero-order valence-corrected chi connectivity index (χ0v) is 31.0. The zero-order chi connectivity index (χ0) is 36.2. The average Bonchev–Trinajstić information content (AvgIpc) is 3.23. The van der Waals surface area contributed by atoms with E-state index in [9.17, 15) is 0 Å². The molecule has 53 heavy (non-hydrogen) atoms. The lowest BCUT2D eigenvalue weighted by molar-refractivity contribution is 0.767. The molecule has 0 amide bonds. The highest BCUT2D eigenvalue weighted by Gasteiger charge is 2.12. The molecule has 7 aromatic carbocycles. The van der Waals surface area contributed by atoms with Crippen molar-refractivity contribution in [2.24, 2.45) is 0 Å². The molecule has 0 aliphatic carbocycles. The summed E-state index contributed by atoms with van der Waals surface area (Å²) in [5, 5.41) is 3.58. The third-order valence-corrected chi connectivity index (χ3v) is 9.93. The first-order valence-electron chi connectivity index (χ1n) is 19.0. The van der Waals surface area contributed by atoms with Crippen LogP contribution >= 0.6 is 0 Å². The first kappa shape index (κ1) is 35.3. The lowest BCUT2D eigenvalue weighted by atomic mass is 9.93. The summed E-state index contributed by atoms with van der Waals surface area (Å²) in [6.45, 7) is 9.03. The molecule has 0 atom stereocenters. The largest absolute Gasteiger partial charge is 0.381 e. The number of rotatable bonds is 15. The van der Waals surface area contributed by atoms with E-state index in [0.717, 1.165) is 44.8 Å². The van der Waals surface area contributed by atoms with Crippen LogP contribution in [0.15, 0.2) is 182 Å². The molecule has 7 aromatic rings. The fraction of sp³-hybridized carbons (Fsp3) is 0.160. The first-order valence-corrected chi connectivity index (χ1v) is 19.0. The Hall–Kier alpha value is -6.06. The molecule has 264 valence electrons. The van der Waals surface area contributed by atoms with Gasteiger partial charge in [-0.05, 0) is 118 Å². The highest BCUT2D eigenvalue weighted by Crippen LogP contribution is 2.35. The lowest BCUT2D eigenvalue weighted by Crippen LogP contribution is -2.23. The fourth-order valence-corrected chi connectivity index (χ4v) is 7.00. The molecule has 0 aliphatic heterocycles. The van der Waals surface area contributed by atoms with E-state index in [4.69, 9.17) is 0 Å². The Balaban J connectivity index is 1.19. The Kier molecular flexibility index (Phi) is 11.6. The minimum atomic E-state index is 0.799. The van der Waals surface area contributed by atoms with Crippen molar-refractivity contribution in [3.63, 3.8) is 0 Å². The van der Waals surface area contributed by atoms with Crippen LogP contribution in [0.25, 0.3) is 33.4 Å². The molecular formula is C50H49N3. The molecule has 0 saturated heterocycles. The van der Waals surface area contributed by atoms with E-state index in [-0.39, 0.29) is 0 Å². The Bertz CT molecular complexity index is 2140. The fourth-order valence-electron chi connectivity index (χ4n) is 7.00. The van der Waals surface area contributed by atoms with Crippen molar-refractivity contribution in [3.8, 4) is 33.4 Å². The van der Waals surface area contributed by atoms with E-state index < -0.39 is 0 Å². The molecule has 7 rings (SSSR count). The van der Waals surface area contributed by atoms with Gasteiger partial charge in [0.1, 0.15) is 0 Å². The van der Waals surface area contributed by atoms with Gasteiger partial charge in [0.25, 0.3) is 0 Å². The molecule has 0 spiro atoms. The van der Waals surface area contributed by atoms with Crippen LogP contribution in [0.2, 0.25) is 0 Å². The molecule has 1 N–H and O–H groups in total. The van der Waals surface area contributed by atoms with E-state index in [2.05, 4.69) is 211 Å². The minimum Gasteiger partial charge on any atom is -0.381 e. The predicted octanol–water partition coefficient (Wildman–Crippen LogP) is 12.7. The molecule has 3 nitrogen and oxygen atoms in total. The Morgan fingerprint density at radius 3 is 1.23 bits per heavy atom. The summed E-state index contributed by atoms with van der Waals surface area (Å²) in [7, 11) is 0. The van der Waals surface area contributed by atoms with Crippen LogP contribution in [0.1, 0.15) is 37.0 Å². The zero-order valence-electron chi connectivity index (χ0n) is 31.0. The van der Waals surface area contributed by atoms with Crippen molar-refractivity contribution in [3.05, 3.63) is 199 Å². The van der Waals surface area contributed by atoms with Crippen LogP contribution < -0.4 is 15.1 Å². The van der Waals surface area contributed by atoms with Crippen LogP contribution in [-0.2, 0) is 19.6 Å². The SMILES string of the molecule is CCCN(Cc1ccccc1)c1ccc(-c2cc(-c3ccc(NCc4ccccc4)cc3)cc(-c3ccc(N(CC)Cc4ccccc4)cc3)c2)cc1. The van der Waals surface area contributed by atoms with Gasteiger partial charge in [-0.3, -0.25) is 0 Å². The molecule has 0 unspecified atom stereocenters. The van der Waals surface area contributed by atoms with Crippen molar-refractivity contribution < 1.29 is 0 Å². The highest BCUT2D eigenvalue weighted by atomic mass is 15.1. The van der Waals surface area contributed by atoms with Gasteiger partial charge in [0.2, 0.25) is 0 Å². The summed E-state index contributed by atoms with van der Waals surface area (Å²) >= 11 is 0. The van der Waals surface area contributed by atoms with Gasteiger partial charge in [-0.25, -0.2) is 0 Å². The maximum atomic E-state index is 3.58. The van der Waals surface area contributed by atoms with E-state index in [1.807, 2.05) is 0 Å². The van der Waals surface area contributed by atoms with Gasteiger partial charge in [0, 0.05) is 49.8 Å². The summed E-state index contributed by atoms with van der Waals surface area (Å²) in [4.78, 5) is 4.91. The summed E-state index contributed by atoms with van der Waals surface area (Å²) in [6, 6.07) is 66.1. The normalized spacial score (nSPS) is 10.9. The lowest BCUT2D eigenvalue weighted by Gasteiger charge is -2.25. The van der Waals surface area contributed by atoms with Gasteiger partial charge < -0.3 is 15.1 Å². The van der Waals surface area contributed by atoms with Crippen LogP contribution in [0.4, 0.5) is 17.1 Å². The summed E-state index contributed by atoms with van der Waals surface area (Å²) in [6.07, 6.45) is 1.10. The van der Waals surface area contributed by atoms with E-state index in [0.29, 0.717) is 0 Å². The number of anilines is 3. The van der Waals surface area contributed by atoms with Gasteiger partial charge in [-0.15, -0.1) is 0 Å². The third-order valence-electron chi connectivity index (χ3n) is 9.93. The Morgan fingerprint density at radius 2 is 0.792 bits per heavy atom. The Labute approximate surface area is 316 Å². The topological polar surface area (TPSA) is 18.5 Å². The molecule has 3 heteroatoms. The standard InChI is InChI=1S/C50H49N3/c1-3-32-53(38-41-18-12-7-13-19-41)50-30-24-44(25-31-50)47-34-45(42-20-26-48(27-21-42)51-36-39-14-8-5-9-15-39)33-46(35-47)43-22-28-49(29-23-43)52(4-2)37-40-16-10-6-11-17-40/h5-31,33-35,51H,3-4,32,36-38H2,1-2H3. The van der Waals surface area contributed by atoms with Crippen LogP contribution in [0.3, 0.4) is 0 Å². The number of hydrogen-bond acceptors (Lipinski definition) is 3. The first-order chi connectivity index (χ1) is 26.1. The predicted molar refractivity (Wildman–Crippen MR) is 227 cm³/mol. The van der Waals surface area contributed by atoms with Crippen molar-refractivity contribution in [2.45, 2.75) is 39.9 Å². The quantitative estimate of drug-likeness (QED) is 0.115. The summed E-state index contributed by atoms with van der Waals surface area (Å²) < 4.78 is 0. The van der Waals surface area contributed by atoms with Gasteiger partial charge in [0.05, 0.1) is 0 Å². The average molecular weight is 692 g/mol. The number of hydrogen-bond donors (Lipinski definition) is 1. The molecule has 0 heterocycles. The van der Waals surface area contributed by atoms with Crippen molar-refractivity contribution >= 4 is 17.1 Å². The van der Waals surface area contributed by atoms with Gasteiger partial charge in [-0.1, -0.05) is 134 Å². The van der Waals surface area contributed by atoms with E-state index >= 15 is 0 Å². The molecular weight excluding hydrogens is 643 g/mol. The van der Waals surface area contributed by atoms with Crippen LogP contribution in [0, 0.1) is 0 Å². The number of nitrogens with one attached hydrogen (secondary N) is 1. The molecule has 0 saturated carbocycles. The maximum Gasteiger partial charge on any atom is 0.0429 e. The number of benzene rings is 7. The monoisotopic (exact) mass is 691 g/mol. The third kappa shape index (κ3) is 9.25. The van der Waals surface area contributed by atoms with Gasteiger partial charge in [0.15, 0.2) is 0 Å². The molecule has 0 aromatic heterocycles. The van der Waals surface area contributed by atoms with Crippen LogP contribution in [0.5, 0.6) is 0 Å². The van der Waals surface area contributed by atoms with Crippen LogP contribution in [-0.4, -0.2) is 13.1 Å². The number of nitrogens with zero attached hydrogens (tertiary/aromatic N) is 2.